The molecule has 2 N–H and O–H groups in total. The predicted octanol–water partition coefficient (Wildman–Crippen LogP) is 1.96. The molecule has 0 aromatic heterocycles. The van der Waals surface area contributed by atoms with Crippen molar-refractivity contribution < 1.29 is 29.3 Å². The van der Waals surface area contributed by atoms with E-state index in [0.717, 1.165) is 0 Å². The number of aliphatic hydroxyl groups excluding tert-OH is 2. The summed E-state index contributed by atoms with van der Waals surface area (Å²) in [5, 5.41) is 18.7. The minimum absolute atomic E-state index is 0.00670. The maximum atomic E-state index is 11.4. The van der Waals surface area contributed by atoms with E-state index in [9.17, 15) is 19.8 Å². The van der Waals surface area contributed by atoms with Gasteiger partial charge in [-0.15, -0.1) is 0 Å². The van der Waals surface area contributed by atoms with Gasteiger partial charge in [-0.3, -0.25) is 9.59 Å². The molecule has 0 spiro atoms. The van der Waals surface area contributed by atoms with Crippen LogP contribution in [0.4, 0.5) is 0 Å². The van der Waals surface area contributed by atoms with Crippen molar-refractivity contribution in [2.75, 3.05) is 13.2 Å². The Morgan fingerprint density at radius 3 is 1.50 bits per heavy atom. The minimum Gasteiger partial charge on any atom is -0.466 e. The molecule has 0 aromatic carbocycles. The van der Waals surface area contributed by atoms with Crippen molar-refractivity contribution >= 4 is 11.9 Å². The van der Waals surface area contributed by atoms with Gasteiger partial charge in [0, 0.05) is 0 Å². The molecule has 22 heavy (non-hydrogen) atoms. The van der Waals surface area contributed by atoms with Gasteiger partial charge in [0.25, 0.3) is 0 Å². The largest absolute Gasteiger partial charge is 0.466 e. The third-order valence-electron chi connectivity index (χ3n) is 3.37. The van der Waals surface area contributed by atoms with Crippen molar-refractivity contribution in [2.45, 2.75) is 77.4 Å². The highest BCUT2D eigenvalue weighted by Gasteiger charge is 2.10. The van der Waals surface area contributed by atoms with E-state index in [1.54, 1.807) is 0 Å². The van der Waals surface area contributed by atoms with Gasteiger partial charge in [-0.05, 0) is 38.5 Å². The molecule has 6 heteroatoms. The molecule has 0 radical (unpaired) electrons. The number of hydrogen-bond donors (Lipinski definition) is 2. The van der Waals surface area contributed by atoms with Gasteiger partial charge in [-0.1, -0.05) is 13.8 Å². The summed E-state index contributed by atoms with van der Waals surface area (Å²) in [6.07, 6.45) is 3.14. The summed E-state index contributed by atoms with van der Waals surface area (Å²) in [6.45, 7) is 4.32. The Balaban J connectivity index is 3.50. The van der Waals surface area contributed by atoms with Crippen LogP contribution in [0.25, 0.3) is 0 Å². The summed E-state index contributed by atoms with van der Waals surface area (Å²) in [7, 11) is 0. The standard InChI is InChI=1S/C16H30O6/c1-3-13(17)7-5-11-21-15(19)9-10-16(20)22-12-6-8-14(18)4-2/h13-14,17-18H,3-12H2,1-2H3. The van der Waals surface area contributed by atoms with Gasteiger partial charge in [0.2, 0.25) is 0 Å². The molecule has 0 saturated heterocycles. The van der Waals surface area contributed by atoms with Crippen LogP contribution >= 0.6 is 0 Å². The maximum Gasteiger partial charge on any atom is 0.306 e. The molecule has 0 aliphatic rings. The summed E-state index contributed by atoms with van der Waals surface area (Å²) < 4.78 is 9.94. The summed E-state index contributed by atoms with van der Waals surface area (Å²) in [5.41, 5.74) is 0. The summed E-state index contributed by atoms with van der Waals surface area (Å²) in [5.74, 6) is -0.853. The second-order valence-corrected chi connectivity index (χ2v) is 5.35. The highest BCUT2D eigenvalue weighted by molar-refractivity contribution is 5.77. The monoisotopic (exact) mass is 318 g/mol. The van der Waals surface area contributed by atoms with Crippen molar-refractivity contribution in [1.82, 2.24) is 0 Å². The van der Waals surface area contributed by atoms with E-state index in [1.807, 2.05) is 13.8 Å². The lowest BCUT2D eigenvalue weighted by atomic mass is 10.1. The second-order valence-electron chi connectivity index (χ2n) is 5.35. The van der Waals surface area contributed by atoms with E-state index in [-0.39, 0.29) is 38.3 Å². The van der Waals surface area contributed by atoms with Gasteiger partial charge < -0.3 is 19.7 Å². The quantitative estimate of drug-likeness (QED) is 0.398. The van der Waals surface area contributed by atoms with E-state index in [1.165, 1.54) is 0 Å². The van der Waals surface area contributed by atoms with Crippen LogP contribution < -0.4 is 0 Å². The SMILES string of the molecule is CCC(O)CCCOC(=O)CCC(=O)OCCCC(O)CC. The Labute approximate surface area is 132 Å². The van der Waals surface area contributed by atoms with Crippen LogP contribution in [0.1, 0.15) is 65.2 Å². The van der Waals surface area contributed by atoms with Crippen LogP contribution in [-0.2, 0) is 19.1 Å². The molecule has 2 unspecified atom stereocenters. The average molecular weight is 318 g/mol. The third-order valence-corrected chi connectivity index (χ3v) is 3.37. The van der Waals surface area contributed by atoms with Gasteiger partial charge in [0.05, 0.1) is 38.3 Å². The molecule has 0 rings (SSSR count). The Hall–Kier alpha value is -1.14. The first-order valence-corrected chi connectivity index (χ1v) is 8.16. The van der Waals surface area contributed by atoms with E-state index in [4.69, 9.17) is 9.47 Å². The fraction of sp³-hybridized carbons (Fsp3) is 0.875. The van der Waals surface area contributed by atoms with Gasteiger partial charge in [0.1, 0.15) is 0 Å². The Kier molecular flexibility index (Phi) is 12.8. The van der Waals surface area contributed by atoms with E-state index in [0.29, 0.717) is 38.5 Å². The number of carbonyl (C=O) groups is 2. The molecule has 6 nitrogen and oxygen atoms in total. The molecular formula is C16H30O6. The molecule has 0 amide bonds. The first kappa shape index (κ1) is 20.9. The van der Waals surface area contributed by atoms with E-state index < -0.39 is 11.9 Å². The Bertz CT molecular complexity index is 275. The molecule has 0 saturated carbocycles. The van der Waals surface area contributed by atoms with Crippen LogP contribution in [0, 0.1) is 0 Å². The molecule has 0 aromatic rings. The zero-order chi connectivity index (χ0) is 16.8. The highest BCUT2D eigenvalue weighted by atomic mass is 16.5. The molecule has 0 bridgehead atoms. The number of esters is 2. The number of aliphatic hydroxyl groups is 2. The normalized spacial score (nSPS) is 13.5. The Morgan fingerprint density at radius 2 is 1.18 bits per heavy atom. The van der Waals surface area contributed by atoms with Crippen molar-refractivity contribution in [3.05, 3.63) is 0 Å². The minimum atomic E-state index is -0.427. The fourth-order valence-corrected chi connectivity index (χ4v) is 1.77. The predicted molar refractivity (Wildman–Crippen MR) is 82.2 cm³/mol. The van der Waals surface area contributed by atoms with E-state index >= 15 is 0 Å². The molecule has 130 valence electrons. The van der Waals surface area contributed by atoms with E-state index in [2.05, 4.69) is 0 Å². The third kappa shape index (κ3) is 12.6. The molecule has 0 heterocycles. The molecular weight excluding hydrogens is 288 g/mol. The van der Waals surface area contributed by atoms with Gasteiger partial charge in [-0.2, -0.15) is 0 Å². The van der Waals surface area contributed by atoms with Crippen molar-refractivity contribution in [2.24, 2.45) is 0 Å². The lowest BCUT2D eigenvalue weighted by Crippen LogP contribution is -2.13. The summed E-state index contributed by atoms with van der Waals surface area (Å²) >= 11 is 0. The molecule has 0 aliphatic carbocycles. The smallest absolute Gasteiger partial charge is 0.306 e. The number of carbonyl (C=O) groups excluding carboxylic acids is 2. The lowest BCUT2D eigenvalue weighted by molar-refractivity contribution is -0.150. The zero-order valence-corrected chi connectivity index (χ0v) is 13.8. The first-order chi connectivity index (χ1) is 10.5. The lowest BCUT2D eigenvalue weighted by Gasteiger charge is -2.09. The molecule has 0 aliphatic heterocycles. The first-order valence-electron chi connectivity index (χ1n) is 8.16. The van der Waals surface area contributed by atoms with Crippen LogP contribution in [0.5, 0.6) is 0 Å². The summed E-state index contributed by atoms with van der Waals surface area (Å²) in [4.78, 5) is 22.8. The fourth-order valence-electron chi connectivity index (χ4n) is 1.77. The average Bonchev–Trinajstić information content (AvgIpc) is 2.52. The van der Waals surface area contributed by atoms with Crippen LogP contribution in [-0.4, -0.2) is 47.6 Å². The topological polar surface area (TPSA) is 93.1 Å². The Morgan fingerprint density at radius 1 is 0.818 bits per heavy atom. The number of hydrogen-bond acceptors (Lipinski definition) is 6. The van der Waals surface area contributed by atoms with Crippen molar-refractivity contribution in [3.63, 3.8) is 0 Å². The van der Waals surface area contributed by atoms with Gasteiger partial charge >= 0.3 is 11.9 Å². The summed E-state index contributed by atoms with van der Waals surface area (Å²) in [6, 6.07) is 0. The van der Waals surface area contributed by atoms with Crippen LogP contribution in [0.2, 0.25) is 0 Å². The van der Waals surface area contributed by atoms with Crippen LogP contribution in [0.15, 0.2) is 0 Å². The second kappa shape index (κ2) is 13.5. The van der Waals surface area contributed by atoms with Gasteiger partial charge in [-0.25, -0.2) is 0 Å². The number of rotatable bonds is 13. The van der Waals surface area contributed by atoms with Gasteiger partial charge in [0.15, 0.2) is 0 Å². The molecule has 2 atom stereocenters. The van der Waals surface area contributed by atoms with Crippen molar-refractivity contribution in [1.29, 1.82) is 0 Å². The number of ether oxygens (including phenoxy) is 2. The van der Waals surface area contributed by atoms with Crippen LogP contribution in [0.3, 0.4) is 0 Å². The highest BCUT2D eigenvalue weighted by Crippen LogP contribution is 2.04. The zero-order valence-electron chi connectivity index (χ0n) is 13.8. The maximum absolute atomic E-state index is 11.4. The van der Waals surface area contributed by atoms with Crippen molar-refractivity contribution in [3.8, 4) is 0 Å². The molecule has 0 fully saturated rings.